The van der Waals surface area contributed by atoms with Gasteiger partial charge in [-0.3, -0.25) is 0 Å². The Bertz CT molecular complexity index is 747. The topological polar surface area (TPSA) is 77.8 Å². The van der Waals surface area contributed by atoms with Crippen molar-refractivity contribution in [2.24, 2.45) is 0 Å². The van der Waals surface area contributed by atoms with Gasteiger partial charge in [-0.15, -0.1) is 43.1 Å². The summed E-state index contributed by atoms with van der Waals surface area (Å²) in [5, 5.41) is 19.7. The maximum atomic E-state index is 5.54. The number of hydrogen-bond donors (Lipinski definition) is 0. The van der Waals surface area contributed by atoms with Crippen molar-refractivity contribution >= 4 is 22.7 Å². The maximum absolute atomic E-state index is 5.54. The molecule has 4 aromatic rings. The van der Waals surface area contributed by atoms with Crippen LogP contribution >= 0.6 is 22.7 Å². The second kappa shape index (κ2) is 4.66. The van der Waals surface area contributed by atoms with E-state index in [0.717, 1.165) is 9.75 Å². The normalized spacial score (nSPS) is 11.0. The minimum absolute atomic E-state index is 0.226. The van der Waals surface area contributed by atoms with Crippen LogP contribution < -0.4 is 0 Å². The lowest BCUT2D eigenvalue weighted by Crippen LogP contribution is -1.76. The van der Waals surface area contributed by atoms with Gasteiger partial charge in [0.25, 0.3) is 11.8 Å². The zero-order valence-electron chi connectivity index (χ0n) is 9.89. The van der Waals surface area contributed by atoms with Crippen molar-refractivity contribution in [3.63, 3.8) is 0 Å². The van der Waals surface area contributed by atoms with Gasteiger partial charge >= 0.3 is 11.8 Å². The zero-order chi connectivity index (χ0) is 13.4. The van der Waals surface area contributed by atoms with Crippen LogP contribution in [0.5, 0.6) is 0 Å². The fraction of sp³-hybridized carbons (Fsp3) is 0. The van der Waals surface area contributed by atoms with E-state index >= 15 is 0 Å². The molecule has 0 aliphatic heterocycles. The van der Waals surface area contributed by atoms with E-state index in [0.29, 0.717) is 11.8 Å². The monoisotopic (exact) mass is 302 g/mol. The molecule has 0 spiro atoms. The van der Waals surface area contributed by atoms with Crippen LogP contribution in [0.3, 0.4) is 0 Å². The highest BCUT2D eigenvalue weighted by Gasteiger charge is 2.18. The van der Waals surface area contributed by atoms with Crippen LogP contribution in [0.2, 0.25) is 0 Å². The maximum Gasteiger partial charge on any atom is 0.306 e. The summed E-state index contributed by atoms with van der Waals surface area (Å²) in [5.74, 6) is 1.35. The Morgan fingerprint density at radius 2 is 1.10 bits per heavy atom. The van der Waals surface area contributed by atoms with Crippen LogP contribution in [0.25, 0.3) is 33.3 Å². The predicted molar refractivity (Wildman–Crippen MR) is 74.2 cm³/mol. The minimum atomic E-state index is 0.226. The summed E-state index contributed by atoms with van der Waals surface area (Å²) in [7, 11) is 0. The van der Waals surface area contributed by atoms with Crippen molar-refractivity contribution in [2.75, 3.05) is 0 Å². The first-order chi connectivity index (χ1) is 9.90. The second-order valence-corrected chi connectivity index (χ2v) is 5.67. The Balaban J connectivity index is 1.68. The molecule has 98 valence electrons. The van der Waals surface area contributed by atoms with Crippen molar-refractivity contribution in [1.29, 1.82) is 0 Å². The van der Waals surface area contributed by atoms with Crippen LogP contribution in [0.1, 0.15) is 0 Å². The Kier molecular flexibility index (Phi) is 2.68. The smallest absolute Gasteiger partial charge is 0.306 e. The molecule has 0 bridgehead atoms. The summed E-state index contributed by atoms with van der Waals surface area (Å²) >= 11 is 3.05. The molecule has 4 heterocycles. The predicted octanol–water partition coefficient (Wildman–Crippen LogP) is 3.58. The van der Waals surface area contributed by atoms with Crippen LogP contribution in [-0.4, -0.2) is 20.4 Å². The molecule has 6 nitrogen and oxygen atoms in total. The van der Waals surface area contributed by atoms with Crippen LogP contribution in [-0.2, 0) is 0 Å². The molecule has 0 unspecified atom stereocenters. The molecule has 0 saturated heterocycles. The van der Waals surface area contributed by atoms with Gasteiger partial charge in [-0.1, -0.05) is 12.1 Å². The van der Waals surface area contributed by atoms with E-state index in [1.54, 1.807) is 0 Å². The fourth-order valence-corrected chi connectivity index (χ4v) is 2.91. The Hall–Kier alpha value is -2.32. The fourth-order valence-electron chi connectivity index (χ4n) is 1.62. The standard InChI is InChI=1S/C12H6N4O2S2/c1-3-7(19-5-1)9-13-15-11(17-9)12-16-14-10(18-12)8-4-2-6-20-8/h1-6H. The average Bonchev–Trinajstić information content (AvgIpc) is 3.22. The molecule has 0 aliphatic carbocycles. The van der Waals surface area contributed by atoms with E-state index in [1.165, 1.54) is 22.7 Å². The molecule has 0 N–H and O–H groups in total. The lowest BCUT2D eigenvalue weighted by Gasteiger charge is -1.86. The number of rotatable bonds is 3. The first-order valence-electron chi connectivity index (χ1n) is 5.65. The van der Waals surface area contributed by atoms with Gasteiger partial charge in [-0.05, 0) is 22.9 Å². The Morgan fingerprint density at radius 3 is 1.50 bits per heavy atom. The van der Waals surface area contributed by atoms with E-state index in [1.807, 2.05) is 35.0 Å². The molecule has 0 saturated carbocycles. The van der Waals surface area contributed by atoms with E-state index in [4.69, 9.17) is 8.83 Å². The van der Waals surface area contributed by atoms with Gasteiger partial charge in [0.2, 0.25) is 0 Å². The quantitative estimate of drug-likeness (QED) is 0.575. The van der Waals surface area contributed by atoms with E-state index in [-0.39, 0.29) is 11.8 Å². The van der Waals surface area contributed by atoms with Gasteiger partial charge in [0.05, 0.1) is 9.75 Å². The minimum Gasteiger partial charge on any atom is -0.411 e. The third kappa shape index (κ3) is 1.95. The van der Waals surface area contributed by atoms with Crippen molar-refractivity contribution in [3.8, 4) is 33.3 Å². The van der Waals surface area contributed by atoms with E-state index in [9.17, 15) is 0 Å². The van der Waals surface area contributed by atoms with Crippen LogP contribution in [0.15, 0.2) is 43.9 Å². The lowest BCUT2D eigenvalue weighted by molar-refractivity contribution is 0.523. The highest BCUT2D eigenvalue weighted by molar-refractivity contribution is 7.13. The van der Waals surface area contributed by atoms with Crippen molar-refractivity contribution < 1.29 is 8.83 Å². The summed E-state index contributed by atoms with van der Waals surface area (Å²) in [5.41, 5.74) is 0. The molecular formula is C12H6N4O2S2. The molecular weight excluding hydrogens is 296 g/mol. The number of thiophene rings is 2. The largest absolute Gasteiger partial charge is 0.411 e. The summed E-state index contributed by atoms with van der Waals surface area (Å²) in [6.07, 6.45) is 0. The first-order valence-corrected chi connectivity index (χ1v) is 7.41. The Labute approximate surface area is 120 Å². The van der Waals surface area contributed by atoms with E-state index < -0.39 is 0 Å². The molecule has 0 amide bonds. The lowest BCUT2D eigenvalue weighted by atomic mass is 10.5. The summed E-state index contributed by atoms with van der Waals surface area (Å²) < 4.78 is 11.1. The van der Waals surface area contributed by atoms with Gasteiger partial charge < -0.3 is 8.83 Å². The Morgan fingerprint density at radius 1 is 0.650 bits per heavy atom. The van der Waals surface area contributed by atoms with Crippen LogP contribution in [0, 0.1) is 0 Å². The zero-order valence-corrected chi connectivity index (χ0v) is 11.5. The molecule has 0 aromatic carbocycles. The van der Waals surface area contributed by atoms with Crippen LogP contribution in [0.4, 0.5) is 0 Å². The first kappa shape index (κ1) is 11.5. The molecule has 4 rings (SSSR count). The second-order valence-electron chi connectivity index (χ2n) is 3.78. The molecule has 0 radical (unpaired) electrons. The van der Waals surface area contributed by atoms with Crippen molar-refractivity contribution in [1.82, 2.24) is 20.4 Å². The molecule has 8 heteroatoms. The van der Waals surface area contributed by atoms with Crippen molar-refractivity contribution in [2.45, 2.75) is 0 Å². The summed E-state index contributed by atoms with van der Waals surface area (Å²) in [6, 6.07) is 7.66. The van der Waals surface area contributed by atoms with Gasteiger partial charge in [-0.25, -0.2) is 0 Å². The third-order valence-corrected chi connectivity index (χ3v) is 4.21. The average molecular weight is 302 g/mol. The number of nitrogens with zero attached hydrogens (tertiary/aromatic N) is 4. The van der Waals surface area contributed by atoms with Gasteiger partial charge in [0, 0.05) is 0 Å². The number of aromatic nitrogens is 4. The molecule has 4 aromatic heterocycles. The molecule has 0 fully saturated rings. The van der Waals surface area contributed by atoms with Crippen molar-refractivity contribution in [3.05, 3.63) is 35.0 Å². The van der Waals surface area contributed by atoms with Gasteiger partial charge in [0.1, 0.15) is 0 Å². The summed E-state index contributed by atoms with van der Waals surface area (Å²) in [6.45, 7) is 0. The van der Waals surface area contributed by atoms with E-state index in [2.05, 4.69) is 20.4 Å². The summed E-state index contributed by atoms with van der Waals surface area (Å²) in [4.78, 5) is 1.81. The highest BCUT2D eigenvalue weighted by atomic mass is 32.1. The third-order valence-electron chi connectivity index (χ3n) is 2.50. The molecule has 0 atom stereocenters. The van der Waals surface area contributed by atoms with Gasteiger partial charge in [0.15, 0.2) is 0 Å². The highest BCUT2D eigenvalue weighted by Crippen LogP contribution is 2.29. The van der Waals surface area contributed by atoms with Gasteiger partial charge in [-0.2, -0.15) is 0 Å². The number of hydrogen-bond acceptors (Lipinski definition) is 8. The molecule has 0 aliphatic rings. The molecule has 20 heavy (non-hydrogen) atoms. The SMILES string of the molecule is c1csc(-c2nnc(-c3nnc(-c4cccs4)o3)o2)c1.